The number of anilines is 1. The zero-order chi connectivity index (χ0) is 20.4. The second-order valence-corrected chi connectivity index (χ2v) is 6.98. The number of methoxy groups -OCH3 is 1. The van der Waals surface area contributed by atoms with Gasteiger partial charge in [0.25, 0.3) is 5.24 Å². The molecule has 0 saturated carbocycles. The summed E-state index contributed by atoms with van der Waals surface area (Å²) in [6.45, 7) is 0.191. The van der Waals surface area contributed by atoms with Gasteiger partial charge in [-0.05, 0) is 52.1 Å². The van der Waals surface area contributed by atoms with E-state index < -0.39 is 11.3 Å². The molecule has 146 valence electrons. The number of ether oxygens (including phenoxy) is 2. The predicted molar refractivity (Wildman–Crippen MR) is 112 cm³/mol. The fourth-order valence-corrected chi connectivity index (χ4v) is 3.79. The summed E-state index contributed by atoms with van der Waals surface area (Å²) in [4.78, 5) is 23.8. The van der Waals surface area contributed by atoms with Crippen molar-refractivity contribution in [2.24, 2.45) is 0 Å². The third-order valence-corrected chi connectivity index (χ3v) is 5.23. The summed E-state index contributed by atoms with van der Waals surface area (Å²) >= 11 is 5.53. The van der Waals surface area contributed by atoms with Crippen molar-refractivity contribution in [2.75, 3.05) is 19.0 Å². The van der Waals surface area contributed by atoms with Crippen LogP contribution in [0.3, 0.4) is 0 Å². The lowest BCUT2D eigenvalue weighted by Gasteiger charge is -2.15. The molecule has 0 saturated heterocycles. The lowest BCUT2D eigenvalue weighted by molar-refractivity contribution is 0.108. The number of nitrogens with one attached hydrogen (secondary N) is 1. The van der Waals surface area contributed by atoms with Crippen molar-refractivity contribution in [3.63, 3.8) is 0 Å². The highest BCUT2D eigenvalue weighted by molar-refractivity contribution is 6.67. The molecule has 29 heavy (non-hydrogen) atoms. The van der Waals surface area contributed by atoms with Crippen LogP contribution in [-0.4, -0.2) is 25.1 Å². The van der Waals surface area contributed by atoms with Crippen molar-refractivity contribution in [3.8, 4) is 16.9 Å². The molecule has 0 radical (unpaired) electrons. The maximum atomic E-state index is 12.4. The van der Waals surface area contributed by atoms with Crippen LogP contribution in [0.4, 0.5) is 10.5 Å². The summed E-state index contributed by atoms with van der Waals surface area (Å²) in [5, 5.41) is 2.01. The van der Waals surface area contributed by atoms with Crippen molar-refractivity contribution in [3.05, 3.63) is 83.4 Å². The minimum absolute atomic E-state index is 0.0363. The Morgan fingerprint density at radius 2 is 1.59 bits per heavy atom. The average Bonchev–Trinajstić information content (AvgIpc) is 3.06. The number of hydrogen-bond donors (Lipinski definition) is 1. The molecule has 0 aromatic heterocycles. The maximum absolute atomic E-state index is 12.4. The smallest absolute Gasteiger partial charge is 0.411 e. The maximum Gasteiger partial charge on any atom is 0.411 e. The Morgan fingerprint density at radius 3 is 2.17 bits per heavy atom. The molecule has 0 atom stereocenters. The van der Waals surface area contributed by atoms with E-state index in [1.165, 1.54) is 19.2 Å². The molecule has 0 unspecified atom stereocenters. The van der Waals surface area contributed by atoms with Gasteiger partial charge < -0.3 is 9.47 Å². The number of carbonyl (C=O) groups excluding carboxylic acids is 2. The lowest BCUT2D eigenvalue weighted by atomic mass is 9.98. The van der Waals surface area contributed by atoms with Gasteiger partial charge in [0.15, 0.2) is 0 Å². The first-order valence-corrected chi connectivity index (χ1v) is 9.46. The van der Waals surface area contributed by atoms with Crippen LogP contribution in [0.25, 0.3) is 11.1 Å². The van der Waals surface area contributed by atoms with Gasteiger partial charge in [0.1, 0.15) is 12.4 Å². The largest absolute Gasteiger partial charge is 0.495 e. The predicted octanol–water partition coefficient (Wildman–Crippen LogP) is 5.44. The molecule has 0 heterocycles. The van der Waals surface area contributed by atoms with Crippen LogP contribution in [-0.2, 0) is 4.74 Å². The van der Waals surface area contributed by atoms with Crippen molar-refractivity contribution in [2.45, 2.75) is 5.92 Å². The van der Waals surface area contributed by atoms with E-state index in [-0.39, 0.29) is 18.1 Å². The van der Waals surface area contributed by atoms with Crippen LogP contribution in [0, 0.1) is 0 Å². The third-order valence-electron chi connectivity index (χ3n) is 5.01. The Balaban J connectivity index is 1.51. The van der Waals surface area contributed by atoms with Gasteiger partial charge in [-0.15, -0.1) is 0 Å². The zero-order valence-corrected chi connectivity index (χ0v) is 16.4. The molecule has 0 fully saturated rings. The highest BCUT2D eigenvalue weighted by Gasteiger charge is 2.29. The van der Waals surface area contributed by atoms with Crippen LogP contribution in [0.5, 0.6) is 5.75 Å². The van der Waals surface area contributed by atoms with Crippen LogP contribution in [0.1, 0.15) is 27.4 Å². The van der Waals surface area contributed by atoms with Gasteiger partial charge in [-0.25, -0.2) is 4.79 Å². The molecular formula is C23H18ClNO4. The highest BCUT2D eigenvalue weighted by Crippen LogP contribution is 2.44. The van der Waals surface area contributed by atoms with E-state index in [1.807, 2.05) is 24.3 Å². The molecule has 1 aliphatic carbocycles. The number of fused-ring (bicyclic) bond motifs is 3. The number of halogens is 1. The number of amides is 1. The molecule has 4 rings (SSSR count). The lowest BCUT2D eigenvalue weighted by Crippen LogP contribution is -2.18. The van der Waals surface area contributed by atoms with Crippen LogP contribution >= 0.6 is 11.6 Å². The van der Waals surface area contributed by atoms with E-state index in [9.17, 15) is 9.59 Å². The second kappa shape index (κ2) is 7.97. The van der Waals surface area contributed by atoms with Crippen LogP contribution in [0.2, 0.25) is 0 Å². The van der Waals surface area contributed by atoms with Crippen molar-refractivity contribution in [1.29, 1.82) is 0 Å². The number of rotatable bonds is 5. The monoisotopic (exact) mass is 407 g/mol. The van der Waals surface area contributed by atoms with Gasteiger partial charge in [-0.3, -0.25) is 10.1 Å². The van der Waals surface area contributed by atoms with Gasteiger partial charge in [-0.2, -0.15) is 0 Å². The molecule has 3 aromatic carbocycles. The molecule has 1 N–H and O–H groups in total. The second-order valence-electron chi connectivity index (χ2n) is 6.64. The molecule has 1 aliphatic rings. The Kier molecular flexibility index (Phi) is 5.23. The fourth-order valence-electron chi connectivity index (χ4n) is 3.67. The van der Waals surface area contributed by atoms with Gasteiger partial charge in [0.2, 0.25) is 0 Å². The van der Waals surface area contributed by atoms with E-state index >= 15 is 0 Å². The fraction of sp³-hybridized carbons (Fsp3) is 0.130. The summed E-state index contributed by atoms with van der Waals surface area (Å²) < 4.78 is 10.7. The number of carbonyl (C=O) groups is 2. The van der Waals surface area contributed by atoms with Gasteiger partial charge in [0, 0.05) is 11.5 Å². The van der Waals surface area contributed by atoms with Gasteiger partial charge in [-0.1, -0.05) is 48.5 Å². The van der Waals surface area contributed by atoms with Crippen LogP contribution < -0.4 is 10.1 Å². The van der Waals surface area contributed by atoms with E-state index in [1.54, 1.807) is 6.07 Å². The minimum Gasteiger partial charge on any atom is -0.495 e. The van der Waals surface area contributed by atoms with Gasteiger partial charge in [0.05, 0.1) is 12.8 Å². The number of hydrogen-bond acceptors (Lipinski definition) is 4. The molecule has 3 aromatic rings. The first-order valence-electron chi connectivity index (χ1n) is 9.08. The summed E-state index contributed by atoms with van der Waals surface area (Å²) in [6.07, 6.45) is -0.635. The molecule has 6 heteroatoms. The molecule has 0 aliphatic heterocycles. The van der Waals surface area contributed by atoms with E-state index in [4.69, 9.17) is 21.1 Å². The molecule has 5 nitrogen and oxygen atoms in total. The Labute approximate surface area is 173 Å². The summed E-state index contributed by atoms with van der Waals surface area (Å²) in [7, 11) is 1.47. The molecular weight excluding hydrogens is 390 g/mol. The Morgan fingerprint density at radius 1 is 0.966 bits per heavy atom. The normalized spacial score (nSPS) is 12.1. The van der Waals surface area contributed by atoms with Crippen molar-refractivity contribution >= 4 is 28.6 Å². The molecule has 0 bridgehead atoms. The van der Waals surface area contributed by atoms with Crippen molar-refractivity contribution < 1.29 is 19.1 Å². The molecule has 0 spiro atoms. The first kappa shape index (κ1) is 19.0. The summed E-state index contributed by atoms with van der Waals surface area (Å²) in [6, 6.07) is 20.8. The third kappa shape index (κ3) is 3.69. The average molecular weight is 408 g/mol. The van der Waals surface area contributed by atoms with E-state index in [2.05, 4.69) is 29.6 Å². The van der Waals surface area contributed by atoms with Crippen molar-refractivity contribution in [1.82, 2.24) is 0 Å². The minimum atomic E-state index is -0.635. The Hall–Kier alpha value is -3.31. The van der Waals surface area contributed by atoms with Crippen LogP contribution in [0.15, 0.2) is 66.7 Å². The number of benzene rings is 3. The SMILES string of the molecule is COc1ccc(C(=O)Cl)cc1NC(=O)OCC1c2ccccc2-c2ccccc21. The summed E-state index contributed by atoms with van der Waals surface area (Å²) in [5.74, 6) is 0.367. The Bertz CT molecular complexity index is 1050. The first-order chi connectivity index (χ1) is 14.1. The van der Waals surface area contributed by atoms with E-state index in [0.29, 0.717) is 11.4 Å². The topological polar surface area (TPSA) is 64.6 Å². The van der Waals surface area contributed by atoms with Gasteiger partial charge >= 0.3 is 6.09 Å². The zero-order valence-electron chi connectivity index (χ0n) is 15.6. The highest BCUT2D eigenvalue weighted by atomic mass is 35.5. The standard InChI is InChI=1S/C23H18ClNO4/c1-28-21-11-10-14(22(24)26)12-20(21)25-23(27)29-13-19-17-8-4-2-6-15(17)16-7-3-5-9-18(16)19/h2-12,19H,13H2,1H3,(H,25,27). The summed E-state index contributed by atoms with van der Waals surface area (Å²) in [5.41, 5.74) is 5.15. The molecule has 1 amide bonds. The van der Waals surface area contributed by atoms with E-state index in [0.717, 1.165) is 22.3 Å². The quantitative estimate of drug-likeness (QED) is 0.572.